The molecule has 0 spiro atoms. The van der Waals surface area contributed by atoms with Crippen LogP contribution in [-0.4, -0.2) is 23.1 Å². The number of aromatic hydroxyl groups is 1. The van der Waals surface area contributed by atoms with Gasteiger partial charge in [-0.05, 0) is 50.6 Å². The van der Waals surface area contributed by atoms with Crippen LogP contribution in [0.15, 0.2) is 16.6 Å². The van der Waals surface area contributed by atoms with E-state index in [1.807, 2.05) is 19.1 Å². The number of aryl methyl sites for hydroxylation is 1. The minimum Gasteiger partial charge on any atom is -0.507 e. The fraction of sp³-hybridized carbons (Fsp3) is 0.571. The lowest BCUT2D eigenvalue weighted by atomic mass is 10.1. The number of likely N-dealkylation sites (tertiary alicyclic amines) is 1. The third-order valence-corrected chi connectivity index (χ3v) is 3.89. The maximum Gasteiger partial charge on any atom is 0.123 e. The van der Waals surface area contributed by atoms with E-state index in [4.69, 9.17) is 0 Å². The van der Waals surface area contributed by atoms with Crippen LogP contribution in [0, 0.1) is 6.92 Å². The molecule has 0 aromatic heterocycles. The number of halogens is 1. The molecule has 0 aliphatic carbocycles. The molecule has 0 atom stereocenters. The summed E-state index contributed by atoms with van der Waals surface area (Å²) in [6.45, 7) is 5.13. The first kappa shape index (κ1) is 12.9. The van der Waals surface area contributed by atoms with Crippen LogP contribution >= 0.6 is 15.9 Å². The number of phenolic OH excluding ortho intramolecular Hbond substituents is 1. The van der Waals surface area contributed by atoms with Crippen molar-refractivity contribution in [1.29, 1.82) is 0 Å². The van der Waals surface area contributed by atoms with Crippen molar-refractivity contribution < 1.29 is 5.11 Å². The van der Waals surface area contributed by atoms with Crippen LogP contribution in [0.1, 0.15) is 36.8 Å². The Morgan fingerprint density at radius 3 is 2.47 bits per heavy atom. The Bertz CT molecular complexity index is 384. The molecule has 3 heteroatoms. The van der Waals surface area contributed by atoms with E-state index >= 15 is 0 Å². The zero-order valence-corrected chi connectivity index (χ0v) is 12.0. The Balaban J connectivity index is 2.11. The fourth-order valence-electron chi connectivity index (χ4n) is 2.46. The van der Waals surface area contributed by atoms with E-state index in [0.717, 1.165) is 35.2 Å². The molecule has 1 aliphatic rings. The van der Waals surface area contributed by atoms with Crippen LogP contribution in [0.3, 0.4) is 0 Å². The second-order valence-corrected chi connectivity index (χ2v) is 5.84. The van der Waals surface area contributed by atoms with Crippen molar-refractivity contribution >= 4 is 15.9 Å². The van der Waals surface area contributed by atoms with Crippen molar-refractivity contribution in [3.05, 3.63) is 27.7 Å². The van der Waals surface area contributed by atoms with Gasteiger partial charge in [-0.2, -0.15) is 0 Å². The molecule has 1 aliphatic heterocycles. The van der Waals surface area contributed by atoms with Gasteiger partial charge in [0.1, 0.15) is 5.75 Å². The number of benzene rings is 1. The molecular weight excluding hydrogens is 278 g/mol. The fourth-order valence-corrected chi connectivity index (χ4v) is 3.08. The molecule has 2 rings (SSSR count). The Hall–Kier alpha value is -0.540. The summed E-state index contributed by atoms with van der Waals surface area (Å²) in [7, 11) is 0. The first-order valence-corrected chi connectivity index (χ1v) is 7.16. The molecule has 0 bridgehead atoms. The van der Waals surface area contributed by atoms with Gasteiger partial charge in [0.2, 0.25) is 0 Å². The van der Waals surface area contributed by atoms with E-state index < -0.39 is 0 Å². The predicted molar refractivity (Wildman–Crippen MR) is 74.3 cm³/mol. The van der Waals surface area contributed by atoms with Gasteiger partial charge in [0.25, 0.3) is 0 Å². The summed E-state index contributed by atoms with van der Waals surface area (Å²) in [6.07, 6.45) is 5.27. The lowest BCUT2D eigenvalue weighted by Crippen LogP contribution is -2.24. The Morgan fingerprint density at radius 2 is 1.82 bits per heavy atom. The largest absolute Gasteiger partial charge is 0.507 e. The number of nitrogens with zero attached hydrogens (tertiary/aromatic N) is 1. The van der Waals surface area contributed by atoms with E-state index in [-0.39, 0.29) is 0 Å². The van der Waals surface area contributed by atoms with Gasteiger partial charge < -0.3 is 5.11 Å². The van der Waals surface area contributed by atoms with Crippen molar-refractivity contribution in [3.63, 3.8) is 0 Å². The molecule has 1 saturated heterocycles. The van der Waals surface area contributed by atoms with Gasteiger partial charge in [-0.15, -0.1) is 0 Å². The van der Waals surface area contributed by atoms with Gasteiger partial charge >= 0.3 is 0 Å². The smallest absolute Gasteiger partial charge is 0.123 e. The second kappa shape index (κ2) is 5.87. The van der Waals surface area contributed by atoms with Crippen molar-refractivity contribution in [2.75, 3.05) is 13.1 Å². The number of phenols is 1. The van der Waals surface area contributed by atoms with Gasteiger partial charge in [0, 0.05) is 16.6 Å². The van der Waals surface area contributed by atoms with Gasteiger partial charge in [0.05, 0.1) is 0 Å². The molecule has 17 heavy (non-hydrogen) atoms. The highest BCUT2D eigenvalue weighted by atomic mass is 79.9. The van der Waals surface area contributed by atoms with Crippen molar-refractivity contribution in [3.8, 4) is 5.75 Å². The number of hydrogen-bond donors (Lipinski definition) is 1. The molecule has 1 heterocycles. The molecule has 0 saturated carbocycles. The third kappa shape index (κ3) is 3.46. The highest BCUT2D eigenvalue weighted by Gasteiger charge is 2.13. The zero-order chi connectivity index (χ0) is 12.3. The van der Waals surface area contributed by atoms with E-state index in [9.17, 15) is 5.11 Å². The monoisotopic (exact) mass is 297 g/mol. The summed E-state index contributed by atoms with van der Waals surface area (Å²) in [5.41, 5.74) is 1.99. The Labute approximate surface area is 112 Å². The van der Waals surface area contributed by atoms with E-state index in [1.165, 1.54) is 25.7 Å². The molecule has 1 fully saturated rings. The van der Waals surface area contributed by atoms with E-state index in [0.29, 0.717) is 5.75 Å². The van der Waals surface area contributed by atoms with Crippen LogP contribution in [0.4, 0.5) is 0 Å². The molecule has 0 amide bonds. The lowest BCUT2D eigenvalue weighted by molar-refractivity contribution is 0.272. The third-order valence-electron chi connectivity index (χ3n) is 3.44. The van der Waals surface area contributed by atoms with Crippen LogP contribution < -0.4 is 0 Å². The second-order valence-electron chi connectivity index (χ2n) is 4.92. The summed E-state index contributed by atoms with van der Waals surface area (Å²) in [5.74, 6) is 0.456. The molecule has 0 unspecified atom stereocenters. The quantitative estimate of drug-likeness (QED) is 0.896. The SMILES string of the molecule is Cc1cc(Br)cc(CN2CCCCCC2)c1O. The lowest BCUT2D eigenvalue weighted by Gasteiger charge is -2.21. The van der Waals surface area contributed by atoms with Gasteiger partial charge in [0.15, 0.2) is 0 Å². The topological polar surface area (TPSA) is 23.5 Å². The Kier molecular flexibility index (Phi) is 4.46. The summed E-state index contributed by atoms with van der Waals surface area (Å²) >= 11 is 3.50. The molecule has 2 nitrogen and oxygen atoms in total. The van der Waals surface area contributed by atoms with Gasteiger partial charge in [-0.1, -0.05) is 28.8 Å². The van der Waals surface area contributed by atoms with Crippen LogP contribution in [-0.2, 0) is 6.54 Å². The standard InChI is InChI=1S/C14H20BrNO/c1-11-8-13(15)9-12(14(11)17)10-16-6-4-2-3-5-7-16/h8-9,17H,2-7,10H2,1H3. The van der Waals surface area contributed by atoms with Crippen molar-refractivity contribution in [1.82, 2.24) is 4.90 Å². The van der Waals surface area contributed by atoms with E-state index in [1.54, 1.807) is 0 Å². The van der Waals surface area contributed by atoms with Crippen molar-refractivity contribution in [2.45, 2.75) is 39.2 Å². The minimum absolute atomic E-state index is 0.456. The van der Waals surface area contributed by atoms with Gasteiger partial charge in [-0.3, -0.25) is 4.90 Å². The first-order chi connectivity index (χ1) is 8.16. The molecule has 0 radical (unpaired) electrons. The van der Waals surface area contributed by atoms with Crippen LogP contribution in [0.5, 0.6) is 5.75 Å². The normalized spacial score (nSPS) is 18.0. The molecule has 1 aromatic rings. The molecule has 1 aromatic carbocycles. The maximum absolute atomic E-state index is 10.1. The molecule has 1 N–H and O–H groups in total. The summed E-state index contributed by atoms with van der Waals surface area (Å²) in [4.78, 5) is 2.45. The molecule has 94 valence electrons. The summed E-state index contributed by atoms with van der Waals surface area (Å²) in [5, 5.41) is 10.1. The van der Waals surface area contributed by atoms with Crippen LogP contribution in [0.2, 0.25) is 0 Å². The highest BCUT2D eigenvalue weighted by molar-refractivity contribution is 9.10. The van der Waals surface area contributed by atoms with Crippen LogP contribution in [0.25, 0.3) is 0 Å². The average Bonchev–Trinajstić information content (AvgIpc) is 2.54. The van der Waals surface area contributed by atoms with E-state index in [2.05, 4.69) is 20.8 Å². The number of rotatable bonds is 2. The first-order valence-electron chi connectivity index (χ1n) is 6.37. The minimum atomic E-state index is 0.456. The zero-order valence-electron chi connectivity index (χ0n) is 10.4. The Morgan fingerprint density at radius 1 is 1.18 bits per heavy atom. The van der Waals surface area contributed by atoms with Gasteiger partial charge in [-0.25, -0.2) is 0 Å². The summed E-state index contributed by atoms with van der Waals surface area (Å²) in [6, 6.07) is 3.99. The maximum atomic E-state index is 10.1. The predicted octanol–water partition coefficient (Wildman–Crippen LogP) is 3.84. The number of hydrogen-bond acceptors (Lipinski definition) is 2. The highest BCUT2D eigenvalue weighted by Crippen LogP contribution is 2.28. The summed E-state index contributed by atoms with van der Waals surface area (Å²) < 4.78 is 1.05. The molecular formula is C14H20BrNO. The average molecular weight is 298 g/mol. The van der Waals surface area contributed by atoms with Crippen molar-refractivity contribution in [2.24, 2.45) is 0 Å².